The molecule has 0 unspecified atom stereocenters. The van der Waals surface area contributed by atoms with Gasteiger partial charge in [0.25, 0.3) is 5.56 Å². The summed E-state index contributed by atoms with van der Waals surface area (Å²) in [6.45, 7) is 7.21. The average molecular weight is 274 g/mol. The predicted octanol–water partition coefficient (Wildman–Crippen LogP) is 0.980. The Hall–Kier alpha value is -1.95. The van der Waals surface area contributed by atoms with Gasteiger partial charge in [0.05, 0.1) is 24.5 Å². The van der Waals surface area contributed by atoms with E-state index in [2.05, 4.69) is 15.2 Å². The first-order chi connectivity index (χ1) is 9.60. The number of hydrogen-bond acceptors (Lipinski definition) is 5. The van der Waals surface area contributed by atoms with Crippen LogP contribution in [0.2, 0.25) is 0 Å². The van der Waals surface area contributed by atoms with E-state index in [1.807, 2.05) is 19.9 Å². The van der Waals surface area contributed by atoms with Crippen LogP contribution < -0.4 is 5.56 Å². The number of rotatable bonds is 4. The Balaban J connectivity index is 1.53. The molecule has 0 atom stereocenters. The second-order valence-electron chi connectivity index (χ2n) is 5.49. The molecule has 0 saturated carbocycles. The molecule has 2 aromatic heterocycles. The van der Waals surface area contributed by atoms with Crippen molar-refractivity contribution in [3.8, 4) is 0 Å². The highest BCUT2D eigenvalue weighted by atomic mass is 16.5. The lowest BCUT2D eigenvalue weighted by Crippen LogP contribution is -2.48. The molecule has 3 rings (SSSR count). The monoisotopic (exact) mass is 274 g/mol. The van der Waals surface area contributed by atoms with Crippen molar-refractivity contribution >= 4 is 0 Å². The van der Waals surface area contributed by atoms with E-state index in [4.69, 9.17) is 4.52 Å². The SMILES string of the molecule is Cc1cc(CN2CC(Cn3nc(C)ccc3=O)C2)on1. The van der Waals surface area contributed by atoms with Gasteiger partial charge in [-0.15, -0.1) is 0 Å². The first-order valence-electron chi connectivity index (χ1n) is 6.79. The van der Waals surface area contributed by atoms with Crippen molar-refractivity contribution in [3.63, 3.8) is 0 Å². The summed E-state index contributed by atoms with van der Waals surface area (Å²) >= 11 is 0. The molecule has 1 aliphatic rings. The normalized spacial score (nSPS) is 16.3. The first kappa shape index (κ1) is 13.1. The fourth-order valence-electron chi connectivity index (χ4n) is 2.56. The molecule has 6 heteroatoms. The molecule has 20 heavy (non-hydrogen) atoms. The summed E-state index contributed by atoms with van der Waals surface area (Å²) in [6.07, 6.45) is 0. The van der Waals surface area contributed by atoms with Crippen LogP contribution in [0.1, 0.15) is 17.1 Å². The van der Waals surface area contributed by atoms with E-state index in [1.54, 1.807) is 16.8 Å². The molecule has 1 saturated heterocycles. The fourth-order valence-corrected chi connectivity index (χ4v) is 2.56. The maximum atomic E-state index is 11.7. The van der Waals surface area contributed by atoms with Gasteiger partial charge in [0.2, 0.25) is 0 Å². The van der Waals surface area contributed by atoms with Gasteiger partial charge in [0.15, 0.2) is 5.76 Å². The van der Waals surface area contributed by atoms with Gasteiger partial charge in [-0.25, -0.2) is 4.68 Å². The lowest BCUT2D eigenvalue weighted by Gasteiger charge is -2.38. The number of likely N-dealkylation sites (tertiary alicyclic amines) is 1. The minimum Gasteiger partial charge on any atom is -0.360 e. The van der Waals surface area contributed by atoms with Crippen LogP contribution in [0.3, 0.4) is 0 Å². The Morgan fingerprint density at radius 3 is 2.80 bits per heavy atom. The van der Waals surface area contributed by atoms with Crippen LogP contribution in [0.5, 0.6) is 0 Å². The standard InChI is InChI=1S/C14H18N4O2/c1-10-3-4-14(19)18(15-10)8-12-6-17(7-12)9-13-5-11(2)16-20-13/h3-5,12H,6-9H2,1-2H3. The molecule has 0 radical (unpaired) electrons. The van der Waals surface area contributed by atoms with E-state index in [9.17, 15) is 4.79 Å². The van der Waals surface area contributed by atoms with E-state index in [1.165, 1.54) is 0 Å². The largest absolute Gasteiger partial charge is 0.360 e. The first-order valence-corrected chi connectivity index (χ1v) is 6.79. The molecule has 2 aromatic rings. The summed E-state index contributed by atoms with van der Waals surface area (Å²) in [4.78, 5) is 14.0. The second kappa shape index (κ2) is 5.20. The number of aryl methyl sites for hydroxylation is 2. The van der Waals surface area contributed by atoms with Crippen molar-refractivity contribution in [1.82, 2.24) is 19.8 Å². The van der Waals surface area contributed by atoms with Gasteiger partial charge < -0.3 is 4.52 Å². The highest BCUT2D eigenvalue weighted by molar-refractivity contribution is 5.03. The molecule has 0 amide bonds. The van der Waals surface area contributed by atoms with Crippen LogP contribution in [0.15, 0.2) is 27.5 Å². The van der Waals surface area contributed by atoms with Crippen LogP contribution in [0, 0.1) is 19.8 Å². The second-order valence-corrected chi connectivity index (χ2v) is 5.49. The third-order valence-electron chi connectivity index (χ3n) is 3.52. The molecule has 106 valence electrons. The molecule has 0 N–H and O–H groups in total. The molecular weight excluding hydrogens is 256 g/mol. The quantitative estimate of drug-likeness (QED) is 0.831. The van der Waals surface area contributed by atoms with Gasteiger partial charge in [0, 0.05) is 31.1 Å². The van der Waals surface area contributed by atoms with Crippen LogP contribution >= 0.6 is 0 Å². The van der Waals surface area contributed by atoms with Crippen molar-refractivity contribution in [2.75, 3.05) is 13.1 Å². The molecule has 1 aliphatic heterocycles. The fraction of sp³-hybridized carbons (Fsp3) is 0.500. The summed E-state index contributed by atoms with van der Waals surface area (Å²) in [6, 6.07) is 5.29. The van der Waals surface area contributed by atoms with Crippen molar-refractivity contribution in [3.05, 3.63) is 45.7 Å². The molecule has 3 heterocycles. The summed E-state index contributed by atoms with van der Waals surface area (Å²) < 4.78 is 6.77. The lowest BCUT2D eigenvalue weighted by atomic mass is 10.00. The van der Waals surface area contributed by atoms with E-state index in [0.29, 0.717) is 12.5 Å². The van der Waals surface area contributed by atoms with Gasteiger partial charge >= 0.3 is 0 Å². The van der Waals surface area contributed by atoms with Crippen LogP contribution in [-0.2, 0) is 13.1 Å². The van der Waals surface area contributed by atoms with Crippen LogP contribution in [-0.4, -0.2) is 32.9 Å². The predicted molar refractivity (Wildman–Crippen MR) is 73.2 cm³/mol. The zero-order chi connectivity index (χ0) is 14.1. The van der Waals surface area contributed by atoms with Crippen molar-refractivity contribution in [1.29, 1.82) is 0 Å². The van der Waals surface area contributed by atoms with E-state index >= 15 is 0 Å². The summed E-state index contributed by atoms with van der Waals surface area (Å²) in [5.74, 6) is 1.37. The van der Waals surface area contributed by atoms with Crippen molar-refractivity contribution < 1.29 is 4.52 Å². The summed E-state index contributed by atoms with van der Waals surface area (Å²) in [5.41, 5.74) is 1.76. The van der Waals surface area contributed by atoms with Crippen LogP contribution in [0.25, 0.3) is 0 Å². The number of nitrogens with zero attached hydrogens (tertiary/aromatic N) is 4. The maximum Gasteiger partial charge on any atom is 0.266 e. The highest BCUT2D eigenvalue weighted by Crippen LogP contribution is 2.19. The topological polar surface area (TPSA) is 64.2 Å². The smallest absolute Gasteiger partial charge is 0.266 e. The zero-order valence-corrected chi connectivity index (χ0v) is 11.7. The van der Waals surface area contributed by atoms with Gasteiger partial charge in [-0.05, 0) is 19.9 Å². The Morgan fingerprint density at radius 2 is 2.10 bits per heavy atom. The molecule has 0 bridgehead atoms. The Kier molecular flexibility index (Phi) is 3.40. The third-order valence-corrected chi connectivity index (χ3v) is 3.52. The Morgan fingerprint density at radius 1 is 1.30 bits per heavy atom. The maximum absolute atomic E-state index is 11.7. The summed E-state index contributed by atoms with van der Waals surface area (Å²) in [7, 11) is 0. The van der Waals surface area contributed by atoms with E-state index < -0.39 is 0 Å². The van der Waals surface area contributed by atoms with Crippen LogP contribution in [0.4, 0.5) is 0 Å². The lowest BCUT2D eigenvalue weighted by molar-refractivity contribution is 0.0675. The van der Waals surface area contributed by atoms with Crippen molar-refractivity contribution in [2.24, 2.45) is 5.92 Å². The minimum absolute atomic E-state index is 0.0279. The van der Waals surface area contributed by atoms with E-state index in [-0.39, 0.29) is 5.56 Å². The molecule has 0 aromatic carbocycles. The zero-order valence-electron chi connectivity index (χ0n) is 11.7. The molecule has 6 nitrogen and oxygen atoms in total. The Bertz CT molecular complexity index is 655. The molecule has 1 fully saturated rings. The van der Waals surface area contributed by atoms with Gasteiger partial charge in [-0.1, -0.05) is 5.16 Å². The minimum atomic E-state index is -0.0279. The number of hydrogen-bond donors (Lipinski definition) is 0. The molecular formula is C14H18N4O2. The van der Waals surface area contributed by atoms with Gasteiger partial charge in [-0.3, -0.25) is 9.69 Å². The Labute approximate surface area is 117 Å². The molecule has 0 spiro atoms. The summed E-state index contributed by atoms with van der Waals surface area (Å²) in [5, 5.41) is 8.14. The molecule has 0 aliphatic carbocycles. The third kappa shape index (κ3) is 2.80. The van der Waals surface area contributed by atoms with E-state index in [0.717, 1.165) is 36.8 Å². The number of aromatic nitrogens is 3. The van der Waals surface area contributed by atoms with Gasteiger partial charge in [-0.2, -0.15) is 5.10 Å². The average Bonchev–Trinajstić information content (AvgIpc) is 2.76. The van der Waals surface area contributed by atoms with Crippen molar-refractivity contribution in [2.45, 2.75) is 26.9 Å². The highest BCUT2D eigenvalue weighted by Gasteiger charge is 2.28. The van der Waals surface area contributed by atoms with Gasteiger partial charge in [0.1, 0.15) is 0 Å².